The molecule has 4 aromatic rings. The molecule has 0 saturated carbocycles. The van der Waals surface area contributed by atoms with E-state index in [1.807, 2.05) is 54.6 Å². The van der Waals surface area contributed by atoms with Gasteiger partial charge in [0.1, 0.15) is 18.1 Å². The number of aryl methyl sites for hydroxylation is 1. The highest BCUT2D eigenvalue weighted by molar-refractivity contribution is 7.15. The van der Waals surface area contributed by atoms with Gasteiger partial charge in [-0.2, -0.15) is 14.6 Å². The van der Waals surface area contributed by atoms with Crippen LogP contribution in [0.25, 0.3) is 11.0 Å². The van der Waals surface area contributed by atoms with Crippen molar-refractivity contribution in [2.45, 2.75) is 13.5 Å². The van der Waals surface area contributed by atoms with Crippen molar-refractivity contribution in [1.29, 1.82) is 0 Å². The van der Waals surface area contributed by atoms with Crippen LogP contribution in [0.3, 0.4) is 0 Å². The quantitative estimate of drug-likeness (QED) is 0.543. The molecule has 4 rings (SSSR count). The number of hydrogen-bond acceptors (Lipinski definition) is 6. The molecule has 2 heterocycles. The fraction of sp³-hybridized carbons (Fsp3) is 0.100. The monoisotopic (exact) mass is 377 g/mol. The van der Waals surface area contributed by atoms with E-state index in [4.69, 9.17) is 4.74 Å². The minimum Gasteiger partial charge on any atom is -0.489 e. The summed E-state index contributed by atoms with van der Waals surface area (Å²) in [6.07, 6.45) is 1.75. The SMILES string of the molecule is Cc1nn2c(=O)c(=Cc3ccc(OCc4ccccc4)cc3)sc2nc1=O. The van der Waals surface area contributed by atoms with Crippen molar-refractivity contribution in [3.8, 4) is 5.75 Å². The molecule has 27 heavy (non-hydrogen) atoms. The van der Waals surface area contributed by atoms with Crippen LogP contribution in [0, 0.1) is 6.92 Å². The van der Waals surface area contributed by atoms with Gasteiger partial charge in [0.15, 0.2) is 0 Å². The van der Waals surface area contributed by atoms with E-state index in [9.17, 15) is 9.59 Å². The summed E-state index contributed by atoms with van der Waals surface area (Å²) >= 11 is 1.14. The van der Waals surface area contributed by atoms with E-state index in [0.717, 1.165) is 28.2 Å². The zero-order chi connectivity index (χ0) is 18.8. The molecular formula is C20H15N3O3S. The number of hydrogen-bond donors (Lipinski definition) is 0. The van der Waals surface area contributed by atoms with E-state index in [0.29, 0.717) is 16.1 Å². The Morgan fingerprint density at radius 1 is 1.07 bits per heavy atom. The molecule has 0 spiro atoms. The number of benzene rings is 2. The molecule has 2 aromatic carbocycles. The molecule has 0 amide bonds. The summed E-state index contributed by atoms with van der Waals surface area (Å²) in [4.78, 5) is 28.2. The molecule has 6 nitrogen and oxygen atoms in total. The molecule has 0 bridgehead atoms. The van der Waals surface area contributed by atoms with Gasteiger partial charge < -0.3 is 4.74 Å². The van der Waals surface area contributed by atoms with Gasteiger partial charge in [0.2, 0.25) is 4.96 Å². The van der Waals surface area contributed by atoms with Gasteiger partial charge in [0.25, 0.3) is 11.1 Å². The first-order valence-corrected chi connectivity index (χ1v) is 9.11. The van der Waals surface area contributed by atoms with Crippen LogP contribution in [-0.4, -0.2) is 14.6 Å². The highest BCUT2D eigenvalue weighted by Crippen LogP contribution is 2.14. The number of ether oxygens (including phenoxy) is 1. The van der Waals surface area contributed by atoms with Gasteiger partial charge >= 0.3 is 0 Å². The van der Waals surface area contributed by atoms with Crippen LogP contribution >= 0.6 is 11.3 Å². The molecule has 0 radical (unpaired) electrons. The number of rotatable bonds is 4. The first kappa shape index (κ1) is 17.1. The number of nitrogens with zero attached hydrogens (tertiary/aromatic N) is 3. The fourth-order valence-electron chi connectivity index (χ4n) is 2.54. The maximum atomic E-state index is 12.4. The van der Waals surface area contributed by atoms with Gasteiger partial charge in [0, 0.05) is 0 Å². The molecule has 2 aromatic heterocycles. The van der Waals surface area contributed by atoms with E-state index < -0.39 is 5.56 Å². The molecule has 0 saturated heterocycles. The Morgan fingerprint density at radius 2 is 1.81 bits per heavy atom. The van der Waals surface area contributed by atoms with Gasteiger partial charge in [0.05, 0.1) is 4.53 Å². The summed E-state index contributed by atoms with van der Waals surface area (Å²) in [5.74, 6) is 0.749. The average molecular weight is 377 g/mol. The highest BCUT2D eigenvalue weighted by atomic mass is 32.1. The van der Waals surface area contributed by atoms with Crippen LogP contribution in [0.15, 0.2) is 64.2 Å². The Balaban J connectivity index is 1.59. The second-order valence-corrected chi connectivity index (χ2v) is 6.96. The average Bonchev–Trinajstić information content (AvgIpc) is 2.97. The molecule has 7 heteroatoms. The van der Waals surface area contributed by atoms with E-state index in [1.54, 1.807) is 6.08 Å². The van der Waals surface area contributed by atoms with Crippen LogP contribution in [0.4, 0.5) is 0 Å². The topological polar surface area (TPSA) is 73.6 Å². The van der Waals surface area contributed by atoms with Gasteiger partial charge in [-0.05, 0) is 36.3 Å². The van der Waals surface area contributed by atoms with Gasteiger partial charge in [-0.25, -0.2) is 0 Å². The molecule has 0 aliphatic carbocycles. The second-order valence-electron chi connectivity index (χ2n) is 5.96. The van der Waals surface area contributed by atoms with Crippen molar-refractivity contribution in [3.05, 3.63) is 96.7 Å². The van der Waals surface area contributed by atoms with Crippen LogP contribution in [0.2, 0.25) is 0 Å². The zero-order valence-corrected chi connectivity index (χ0v) is 15.3. The van der Waals surface area contributed by atoms with Crippen LogP contribution in [-0.2, 0) is 6.61 Å². The smallest absolute Gasteiger partial charge is 0.295 e. The van der Waals surface area contributed by atoms with E-state index >= 15 is 0 Å². The zero-order valence-electron chi connectivity index (χ0n) is 14.5. The fourth-order valence-corrected chi connectivity index (χ4v) is 3.44. The molecule has 0 N–H and O–H groups in total. The standard InChI is InChI=1S/C20H15N3O3S/c1-13-18(24)21-20-23(22-13)19(25)17(27-20)11-14-7-9-16(10-8-14)26-12-15-5-3-2-4-6-15/h2-11H,12H2,1H3. The van der Waals surface area contributed by atoms with Gasteiger partial charge in [-0.3, -0.25) is 9.59 Å². The lowest BCUT2D eigenvalue weighted by Crippen LogP contribution is -2.27. The van der Waals surface area contributed by atoms with Crippen molar-refractivity contribution < 1.29 is 4.74 Å². The third-order valence-electron chi connectivity index (χ3n) is 3.97. The summed E-state index contributed by atoms with van der Waals surface area (Å²) in [5.41, 5.74) is 1.46. The summed E-state index contributed by atoms with van der Waals surface area (Å²) in [5, 5.41) is 4.00. The van der Waals surface area contributed by atoms with Crippen LogP contribution in [0.1, 0.15) is 16.8 Å². The van der Waals surface area contributed by atoms with Crippen molar-refractivity contribution in [2.75, 3.05) is 0 Å². The third kappa shape index (κ3) is 3.63. The normalized spacial score (nSPS) is 11.8. The lowest BCUT2D eigenvalue weighted by molar-refractivity contribution is 0.306. The summed E-state index contributed by atoms with van der Waals surface area (Å²) < 4.78 is 7.41. The van der Waals surface area contributed by atoms with E-state index in [-0.39, 0.29) is 11.3 Å². The molecular weight excluding hydrogens is 362 g/mol. The Labute approximate surface area is 158 Å². The second kappa shape index (κ2) is 7.13. The Morgan fingerprint density at radius 3 is 2.56 bits per heavy atom. The van der Waals surface area contributed by atoms with Crippen molar-refractivity contribution in [1.82, 2.24) is 14.6 Å². The first-order valence-electron chi connectivity index (χ1n) is 8.29. The van der Waals surface area contributed by atoms with E-state index in [2.05, 4.69) is 10.1 Å². The maximum Gasteiger partial charge on any atom is 0.295 e. The van der Waals surface area contributed by atoms with E-state index in [1.165, 1.54) is 11.4 Å². The Hall–Kier alpha value is -3.32. The number of fused-ring (bicyclic) bond motifs is 1. The maximum absolute atomic E-state index is 12.4. The van der Waals surface area contributed by atoms with Crippen LogP contribution in [0.5, 0.6) is 5.75 Å². The number of aromatic nitrogens is 3. The molecule has 0 unspecified atom stereocenters. The van der Waals surface area contributed by atoms with Crippen LogP contribution < -0.4 is 20.4 Å². The molecule has 134 valence electrons. The lowest BCUT2D eigenvalue weighted by Gasteiger charge is -2.06. The van der Waals surface area contributed by atoms with Crippen molar-refractivity contribution >= 4 is 22.4 Å². The first-order chi connectivity index (χ1) is 13.1. The highest BCUT2D eigenvalue weighted by Gasteiger charge is 2.08. The summed E-state index contributed by atoms with van der Waals surface area (Å²) in [7, 11) is 0. The summed E-state index contributed by atoms with van der Waals surface area (Å²) in [6.45, 7) is 2.03. The third-order valence-corrected chi connectivity index (χ3v) is 4.93. The molecule has 0 aliphatic heterocycles. The number of thiazole rings is 1. The van der Waals surface area contributed by atoms with Gasteiger partial charge in [-0.15, -0.1) is 0 Å². The minimum atomic E-state index is -0.414. The summed E-state index contributed by atoms with van der Waals surface area (Å²) in [6, 6.07) is 17.4. The Kier molecular flexibility index (Phi) is 4.52. The minimum absolute atomic E-state index is 0.203. The molecule has 0 atom stereocenters. The Bertz CT molecular complexity index is 1260. The molecule has 0 aliphatic rings. The van der Waals surface area contributed by atoms with Crippen molar-refractivity contribution in [3.63, 3.8) is 0 Å². The predicted octanol–water partition coefficient (Wildman–Crippen LogP) is 1.95. The predicted molar refractivity (Wildman–Crippen MR) is 104 cm³/mol. The van der Waals surface area contributed by atoms with Gasteiger partial charge in [-0.1, -0.05) is 53.8 Å². The largest absolute Gasteiger partial charge is 0.489 e. The van der Waals surface area contributed by atoms with Crippen molar-refractivity contribution in [2.24, 2.45) is 0 Å². The lowest BCUT2D eigenvalue weighted by atomic mass is 10.2. The molecule has 0 fully saturated rings.